The zero-order chi connectivity index (χ0) is 12.0. The molecule has 1 amide bonds. The maximum atomic E-state index is 11.1. The highest BCUT2D eigenvalue weighted by molar-refractivity contribution is 5.79. The molecule has 1 aliphatic heterocycles. The molecule has 4 nitrogen and oxygen atoms in total. The van der Waals surface area contributed by atoms with Crippen LogP contribution in [0.25, 0.3) is 0 Å². The fourth-order valence-electron chi connectivity index (χ4n) is 2.25. The van der Waals surface area contributed by atoms with Crippen molar-refractivity contribution in [2.45, 2.75) is 51.6 Å². The molecule has 0 bridgehead atoms. The van der Waals surface area contributed by atoms with Crippen molar-refractivity contribution in [3.63, 3.8) is 0 Å². The first-order valence-electron chi connectivity index (χ1n) is 6.42. The van der Waals surface area contributed by atoms with E-state index in [-0.39, 0.29) is 11.9 Å². The molecule has 0 spiro atoms. The molecule has 0 aromatic heterocycles. The third-order valence-electron chi connectivity index (χ3n) is 3.43. The summed E-state index contributed by atoms with van der Waals surface area (Å²) in [6.07, 6.45) is 4.73. The van der Waals surface area contributed by atoms with Gasteiger partial charge in [0.1, 0.15) is 0 Å². The van der Waals surface area contributed by atoms with Crippen LogP contribution in [0.2, 0.25) is 0 Å². The smallest absolute Gasteiger partial charge is 0.234 e. The maximum Gasteiger partial charge on any atom is 0.234 e. The molecule has 94 valence electrons. The van der Waals surface area contributed by atoms with Crippen molar-refractivity contribution in [1.29, 1.82) is 0 Å². The second-order valence-corrected chi connectivity index (χ2v) is 4.72. The average Bonchev–Trinajstić information content (AvgIpc) is 2.30. The van der Waals surface area contributed by atoms with Gasteiger partial charge in [0, 0.05) is 12.6 Å². The Bertz CT molecular complexity index is 214. The van der Waals surface area contributed by atoms with Gasteiger partial charge in [-0.05, 0) is 39.3 Å². The van der Waals surface area contributed by atoms with Crippen LogP contribution < -0.4 is 11.1 Å². The van der Waals surface area contributed by atoms with Gasteiger partial charge in [0.2, 0.25) is 5.91 Å². The van der Waals surface area contributed by atoms with Gasteiger partial charge in [-0.3, -0.25) is 9.69 Å². The SMILES string of the molecule is CCC(NCC(C)N1CCCCC1)C(N)=O. The third kappa shape index (κ3) is 4.10. The molecule has 0 radical (unpaired) electrons. The summed E-state index contributed by atoms with van der Waals surface area (Å²) in [7, 11) is 0. The normalized spacial score (nSPS) is 21.6. The van der Waals surface area contributed by atoms with E-state index in [1.54, 1.807) is 0 Å². The molecule has 3 N–H and O–H groups in total. The molecule has 0 aromatic carbocycles. The molecular formula is C12H25N3O. The van der Waals surface area contributed by atoms with Crippen LogP contribution in [-0.4, -0.2) is 42.5 Å². The lowest BCUT2D eigenvalue weighted by Crippen LogP contribution is -2.48. The Morgan fingerprint density at radius 3 is 2.50 bits per heavy atom. The Morgan fingerprint density at radius 1 is 1.38 bits per heavy atom. The molecule has 1 heterocycles. The summed E-state index contributed by atoms with van der Waals surface area (Å²) in [4.78, 5) is 13.6. The Balaban J connectivity index is 2.27. The van der Waals surface area contributed by atoms with Crippen molar-refractivity contribution in [3.05, 3.63) is 0 Å². The van der Waals surface area contributed by atoms with Gasteiger partial charge in [-0.2, -0.15) is 0 Å². The van der Waals surface area contributed by atoms with Crippen LogP contribution in [0.4, 0.5) is 0 Å². The number of amides is 1. The molecule has 0 aliphatic carbocycles. The number of carbonyl (C=O) groups is 1. The molecule has 2 unspecified atom stereocenters. The number of nitrogens with two attached hydrogens (primary N) is 1. The number of hydrogen-bond donors (Lipinski definition) is 2. The first-order chi connectivity index (χ1) is 7.65. The number of nitrogens with one attached hydrogen (secondary N) is 1. The van der Waals surface area contributed by atoms with Crippen molar-refractivity contribution in [2.24, 2.45) is 5.73 Å². The van der Waals surface area contributed by atoms with Gasteiger partial charge in [-0.15, -0.1) is 0 Å². The minimum Gasteiger partial charge on any atom is -0.368 e. The van der Waals surface area contributed by atoms with Gasteiger partial charge in [0.15, 0.2) is 0 Å². The number of nitrogens with zero attached hydrogens (tertiary/aromatic N) is 1. The number of piperidine rings is 1. The van der Waals surface area contributed by atoms with Crippen molar-refractivity contribution in [3.8, 4) is 0 Å². The summed E-state index contributed by atoms with van der Waals surface area (Å²) in [6, 6.07) is 0.320. The number of carbonyl (C=O) groups excluding carboxylic acids is 1. The average molecular weight is 227 g/mol. The molecule has 16 heavy (non-hydrogen) atoms. The molecular weight excluding hydrogens is 202 g/mol. The first kappa shape index (κ1) is 13.5. The lowest BCUT2D eigenvalue weighted by atomic mass is 10.1. The van der Waals surface area contributed by atoms with Crippen molar-refractivity contribution < 1.29 is 4.79 Å². The fraction of sp³-hybridized carbons (Fsp3) is 0.917. The Kier molecular flexibility index (Phi) is 5.77. The molecule has 0 saturated carbocycles. The minimum atomic E-state index is -0.242. The quantitative estimate of drug-likeness (QED) is 0.703. The van der Waals surface area contributed by atoms with Gasteiger partial charge in [-0.1, -0.05) is 13.3 Å². The lowest BCUT2D eigenvalue weighted by Gasteiger charge is -2.33. The summed E-state index contributed by atoms with van der Waals surface area (Å²) in [5.74, 6) is -0.242. The fourth-order valence-corrected chi connectivity index (χ4v) is 2.25. The summed E-state index contributed by atoms with van der Waals surface area (Å²) >= 11 is 0. The third-order valence-corrected chi connectivity index (χ3v) is 3.43. The standard InChI is InChI=1S/C12H25N3O/c1-3-11(12(13)16)14-9-10(2)15-7-5-4-6-8-15/h10-11,14H,3-9H2,1-2H3,(H2,13,16). The monoisotopic (exact) mass is 227 g/mol. The predicted octanol–water partition coefficient (Wildman–Crippen LogP) is 0.714. The number of hydrogen-bond acceptors (Lipinski definition) is 3. The van der Waals surface area contributed by atoms with Crippen LogP contribution in [0.15, 0.2) is 0 Å². The van der Waals surface area contributed by atoms with Crippen LogP contribution in [0.5, 0.6) is 0 Å². The Labute approximate surface area is 98.6 Å². The summed E-state index contributed by atoms with van der Waals surface area (Å²) in [5.41, 5.74) is 5.30. The van der Waals surface area contributed by atoms with E-state index in [1.807, 2.05) is 6.92 Å². The summed E-state index contributed by atoms with van der Waals surface area (Å²) < 4.78 is 0. The molecule has 1 fully saturated rings. The van der Waals surface area contributed by atoms with Crippen LogP contribution in [0.1, 0.15) is 39.5 Å². The van der Waals surface area contributed by atoms with Crippen LogP contribution in [0, 0.1) is 0 Å². The van der Waals surface area contributed by atoms with Crippen molar-refractivity contribution in [1.82, 2.24) is 10.2 Å². The van der Waals surface area contributed by atoms with Gasteiger partial charge in [0.05, 0.1) is 6.04 Å². The second-order valence-electron chi connectivity index (χ2n) is 4.72. The molecule has 1 saturated heterocycles. The van der Waals surface area contributed by atoms with E-state index in [0.717, 1.165) is 13.0 Å². The highest BCUT2D eigenvalue weighted by atomic mass is 16.1. The second kappa shape index (κ2) is 6.86. The zero-order valence-electron chi connectivity index (χ0n) is 10.5. The number of likely N-dealkylation sites (tertiary alicyclic amines) is 1. The van der Waals surface area contributed by atoms with E-state index in [0.29, 0.717) is 6.04 Å². The van der Waals surface area contributed by atoms with Crippen molar-refractivity contribution >= 4 is 5.91 Å². The largest absolute Gasteiger partial charge is 0.368 e. The topological polar surface area (TPSA) is 58.4 Å². The maximum absolute atomic E-state index is 11.1. The molecule has 1 rings (SSSR count). The van der Waals surface area contributed by atoms with Crippen LogP contribution in [0.3, 0.4) is 0 Å². The predicted molar refractivity (Wildman–Crippen MR) is 66.2 cm³/mol. The number of rotatable bonds is 6. The van der Waals surface area contributed by atoms with Crippen LogP contribution >= 0.6 is 0 Å². The van der Waals surface area contributed by atoms with Gasteiger partial charge in [-0.25, -0.2) is 0 Å². The minimum absolute atomic E-state index is 0.174. The van der Waals surface area contributed by atoms with E-state index in [1.165, 1.54) is 32.4 Å². The molecule has 4 heteroatoms. The molecule has 1 aliphatic rings. The highest BCUT2D eigenvalue weighted by Gasteiger charge is 2.18. The van der Waals surface area contributed by atoms with E-state index in [4.69, 9.17) is 5.73 Å². The van der Waals surface area contributed by atoms with Gasteiger partial charge >= 0.3 is 0 Å². The molecule has 2 atom stereocenters. The first-order valence-corrected chi connectivity index (χ1v) is 6.42. The Morgan fingerprint density at radius 2 is 2.00 bits per heavy atom. The summed E-state index contributed by atoms with van der Waals surface area (Å²) in [5, 5.41) is 3.25. The lowest BCUT2D eigenvalue weighted by molar-refractivity contribution is -0.120. The zero-order valence-corrected chi connectivity index (χ0v) is 10.5. The van der Waals surface area contributed by atoms with Gasteiger partial charge in [0.25, 0.3) is 0 Å². The van der Waals surface area contributed by atoms with Crippen LogP contribution in [-0.2, 0) is 4.79 Å². The Hall–Kier alpha value is -0.610. The van der Waals surface area contributed by atoms with E-state index in [9.17, 15) is 4.79 Å². The summed E-state index contributed by atoms with van der Waals surface area (Å²) in [6.45, 7) is 7.42. The van der Waals surface area contributed by atoms with Gasteiger partial charge < -0.3 is 11.1 Å². The van der Waals surface area contributed by atoms with E-state index >= 15 is 0 Å². The number of primary amides is 1. The van der Waals surface area contributed by atoms with Crippen molar-refractivity contribution in [2.75, 3.05) is 19.6 Å². The molecule has 0 aromatic rings. The van der Waals surface area contributed by atoms with E-state index < -0.39 is 0 Å². The highest BCUT2D eigenvalue weighted by Crippen LogP contribution is 2.11. The van der Waals surface area contributed by atoms with E-state index in [2.05, 4.69) is 17.1 Å².